The maximum Gasteiger partial charge on any atom is 0.123 e. The first kappa shape index (κ1) is 16.4. The van der Waals surface area contributed by atoms with E-state index in [1.54, 1.807) is 12.1 Å². The number of hydrogen-bond donors (Lipinski definition) is 1. The van der Waals surface area contributed by atoms with Crippen LogP contribution in [0, 0.1) is 12.7 Å². The largest absolute Gasteiger partial charge is 0.314 e. The standard InChI is InChI=1S/C16H19FN2S.ClH/c1-12-5-8-20-16(12)11-19-7-6-18-10-15(19)13-3-2-4-14(17)9-13;/h2-5,8-9,15,18H,6-7,10-11H2,1H3;1H. The molecule has 0 aliphatic carbocycles. The fourth-order valence-corrected chi connectivity index (χ4v) is 3.66. The average molecular weight is 327 g/mol. The highest BCUT2D eigenvalue weighted by molar-refractivity contribution is 7.10. The van der Waals surface area contributed by atoms with E-state index < -0.39 is 0 Å². The van der Waals surface area contributed by atoms with E-state index in [1.807, 2.05) is 17.4 Å². The Kier molecular flexibility index (Phi) is 5.76. The lowest BCUT2D eigenvalue weighted by molar-refractivity contribution is 0.154. The zero-order chi connectivity index (χ0) is 13.9. The van der Waals surface area contributed by atoms with Gasteiger partial charge in [-0.3, -0.25) is 4.90 Å². The minimum absolute atomic E-state index is 0. The first-order valence-corrected chi connectivity index (χ1v) is 7.85. The molecular formula is C16H20ClFN2S. The third kappa shape index (κ3) is 3.83. The van der Waals surface area contributed by atoms with Crippen molar-refractivity contribution in [3.63, 3.8) is 0 Å². The zero-order valence-corrected chi connectivity index (χ0v) is 13.6. The highest BCUT2D eigenvalue weighted by Crippen LogP contribution is 2.27. The third-order valence-corrected chi connectivity index (χ3v) is 4.91. The first-order valence-electron chi connectivity index (χ1n) is 6.97. The van der Waals surface area contributed by atoms with Crippen molar-refractivity contribution in [1.82, 2.24) is 10.2 Å². The van der Waals surface area contributed by atoms with Crippen molar-refractivity contribution in [2.45, 2.75) is 19.5 Å². The molecule has 2 nitrogen and oxygen atoms in total. The molecule has 0 radical (unpaired) electrons. The first-order chi connectivity index (χ1) is 9.74. The molecule has 0 amide bonds. The Hall–Kier alpha value is -0.940. The SMILES string of the molecule is Cc1ccsc1CN1CCNCC1c1cccc(F)c1.Cl. The van der Waals surface area contributed by atoms with Crippen LogP contribution in [-0.2, 0) is 6.54 Å². The number of halogens is 2. The van der Waals surface area contributed by atoms with Crippen LogP contribution in [0.3, 0.4) is 0 Å². The number of rotatable bonds is 3. The average Bonchev–Trinajstić information content (AvgIpc) is 2.85. The topological polar surface area (TPSA) is 15.3 Å². The molecule has 1 atom stereocenters. The quantitative estimate of drug-likeness (QED) is 0.923. The van der Waals surface area contributed by atoms with Crippen molar-refractivity contribution in [3.05, 3.63) is 57.5 Å². The molecule has 1 aliphatic heterocycles. The Labute approximate surface area is 135 Å². The zero-order valence-electron chi connectivity index (χ0n) is 12.0. The van der Waals surface area contributed by atoms with E-state index >= 15 is 0 Å². The van der Waals surface area contributed by atoms with Gasteiger partial charge in [-0.05, 0) is 41.6 Å². The summed E-state index contributed by atoms with van der Waals surface area (Å²) in [4.78, 5) is 3.86. The fraction of sp³-hybridized carbons (Fsp3) is 0.375. The lowest BCUT2D eigenvalue weighted by atomic mass is 10.0. The van der Waals surface area contributed by atoms with Gasteiger partial charge in [0.05, 0.1) is 0 Å². The van der Waals surface area contributed by atoms with E-state index in [0.29, 0.717) is 0 Å². The van der Waals surface area contributed by atoms with Gasteiger partial charge in [0.15, 0.2) is 0 Å². The Morgan fingerprint density at radius 2 is 2.24 bits per heavy atom. The van der Waals surface area contributed by atoms with E-state index in [4.69, 9.17) is 0 Å². The summed E-state index contributed by atoms with van der Waals surface area (Å²) in [5.74, 6) is -0.152. The van der Waals surface area contributed by atoms with E-state index in [-0.39, 0.29) is 24.3 Å². The van der Waals surface area contributed by atoms with Crippen LogP contribution in [0.25, 0.3) is 0 Å². The second kappa shape index (κ2) is 7.36. The molecule has 3 rings (SSSR count). The van der Waals surface area contributed by atoms with E-state index in [1.165, 1.54) is 16.5 Å². The van der Waals surface area contributed by atoms with Crippen molar-refractivity contribution in [1.29, 1.82) is 0 Å². The van der Waals surface area contributed by atoms with Crippen molar-refractivity contribution in [2.75, 3.05) is 19.6 Å². The molecular weight excluding hydrogens is 307 g/mol. The van der Waals surface area contributed by atoms with Crippen molar-refractivity contribution in [3.8, 4) is 0 Å². The highest BCUT2D eigenvalue weighted by atomic mass is 35.5. The molecule has 5 heteroatoms. The van der Waals surface area contributed by atoms with Gasteiger partial charge in [0.2, 0.25) is 0 Å². The van der Waals surface area contributed by atoms with Gasteiger partial charge in [-0.25, -0.2) is 4.39 Å². The van der Waals surface area contributed by atoms with Gasteiger partial charge in [-0.2, -0.15) is 0 Å². The molecule has 2 aromatic rings. The van der Waals surface area contributed by atoms with Crippen LogP contribution in [0.2, 0.25) is 0 Å². The maximum atomic E-state index is 13.5. The summed E-state index contributed by atoms with van der Waals surface area (Å²) in [6.07, 6.45) is 0. The minimum atomic E-state index is -0.152. The van der Waals surface area contributed by atoms with Crippen LogP contribution in [-0.4, -0.2) is 24.5 Å². The molecule has 1 aromatic heterocycles. The number of aryl methyl sites for hydroxylation is 1. The molecule has 1 aromatic carbocycles. The van der Waals surface area contributed by atoms with Crippen LogP contribution < -0.4 is 5.32 Å². The Morgan fingerprint density at radius 1 is 1.38 bits per heavy atom. The molecule has 114 valence electrons. The van der Waals surface area contributed by atoms with Gasteiger partial charge in [0, 0.05) is 37.1 Å². The van der Waals surface area contributed by atoms with E-state index in [2.05, 4.69) is 28.6 Å². The van der Waals surface area contributed by atoms with Gasteiger partial charge in [-0.15, -0.1) is 23.7 Å². The van der Waals surface area contributed by atoms with Crippen LogP contribution >= 0.6 is 23.7 Å². The number of nitrogens with one attached hydrogen (secondary N) is 1. The van der Waals surface area contributed by atoms with Crippen LogP contribution in [0.1, 0.15) is 22.0 Å². The summed E-state index contributed by atoms with van der Waals surface area (Å²) in [5, 5.41) is 5.56. The summed E-state index contributed by atoms with van der Waals surface area (Å²) in [6.45, 7) is 5.99. The molecule has 0 saturated carbocycles. The number of hydrogen-bond acceptors (Lipinski definition) is 3. The highest BCUT2D eigenvalue weighted by Gasteiger charge is 2.24. The van der Waals surface area contributed by atoms with Gasteiger partial charge in [-0.1, -0.05) is 12.1 Å². The summed E-state index contributed by atoms with van der Waals surface area (Å²) < 4.78 is 13.5. The second-order valence-electron chi connectivity index (χ2n) is 5.27. The predicted molar refractivity (Wildman–Crippen MR) is 88.7 cm³/mol. The number of benzene rings is 1. The van der Waals surface area contributed by atoms with Gasteiger partial charge in [0.1, 0.15) is 5.82 Å². The Balaban J connectivity index is 0.00000161. The molecule has 0 bridgehead atoms. The van der Waals surface area contributed by atoms with Crippen LogP contribution in [0.15, 0.2) is 35.7 Å². The van der Waals surface area contributed by atoms with Crippen LogP contribution in [0.5, 0.6) is 0 Å². The lowest BCUT2D eigenvalue weighted by Crippen LogP contribution is -2.45. The lowest BCUT2D eigenvalue weighted by Gasteiger charge is -2.36. The van der Waals surface area contributed by atoms with Crippen molar-refractivity contribution >= 4 is 23.7 Å². The number of thiophene rings is 1. The summed E-state index contributed by atoms with van der Waals surface area (Å²) in [6, 6.07) is 9.41. The normalized spacial score (nSPS) is 19.2. The molecule has 1 unspecified atom stereocenters. The molecule has 1 saturated heterocycles. The molecule has 1 fully saturated rings. The number of piperazine rings is 1. The molecule has 0 spiro atoms. The third-order valence-electron chi connectivity index (χ3n) is 3.90. The van der Waals surface area contributed by atoms with Crippen molar-refractivity contribution in [2.24, 2.45) is 0 Å². The molecule has 21 heavy (non-hydrogen) atoms. The monoisotopic (exact) mass is 326 g/mol. The van der Waals surface area contributed by atoms with Gasteiger partial charge >= 0.3 is 0 Å². The molecule has 1 N–H and O–H groups in total. The Morgan fingerprint density at radius 3 is 2.95 bits per heavy atom. The molecule has 1 aliphatic rings. The van der Waals surface area contributed by atoms with Crippen LogP contribution in [0.4, 0.5) is 4.39 Å². The van der Waals surface area contributed by atoms with E-state index in [0.717, 1.165) is 31.7 Å². The Bertz CT molecular complexity index is 587. The maximum absolute atomic E-state index is 13.5. The fourth-order valence-electron chi connectivity index (χ4n) is 2.73. The van der Waals surface area contributed by atoms with E-state index in [9.17, 15) is 4.39 Å². The molecule has 2 heterocycles. The van der Waals surface area contributed by atoms with Gasteiger partial charge in [0.25, 0.3) is 0 Å². The van der Waals surface area contributed by atoms with Gasteiger partial charge < -0.3 is 5.32 Å². The second-order valence-corrected chi connectivity index (χ2v) is 6.27. The van der Waals surface area contributed by atoms with Crippen molar-refractivity contribution < 1.29 is 4.39 Å². The number of nitrogens with zero attached hydrogens (tertiary/aromatic N) is 1. The summed E-state index contributed by atoms with van der Waals surface area (Å²) in [5.41, 5.74) is 2.41. The minimum Gasteiger partial charge on any atom is -0.314 e. The summed E-state index contributed by atoms with van der Waals surface area (Å²) >= 11 is 1.81. The smallest absolute Gasteiger partial charge is 0.123 e. The summed E-state index contributed by atoms with van der Waals surface area (Å²) in [7, 11) is 0. The predicted octanol–water partition coefficient (Wildman–Crippen LogP) is 3.76.